The lowest BCUT2D eigenvalue weighted by molar-refractivity contribution is 0.196. The molecule has 14 heavy (non-hydrogen) atoms. The van der Waals surface area contributed by atoms with Crippen LogP contribution in [0.3, 0.4) is 0 Å². The molecule has 0 fully saturated rings. The maximum Gasteiger partial charge on any atom is 0.101 e. The molecule has 0 rings (SSSR count). The van der Waals surface area contributed by atoms with E-state index < -0.39 is 5.54 Å². The predicted octanol–water partition coefficient (Wildman–Crippen LogP) is 1.51. The minimum atomic E-state index is -0.700. The zero-order valence-electron chi connectivity index (χ0n) is 9.16. The standard InChI is InChI=1S/C10H20N2OS/c1-8(13)9(2)14-6-4-5-10(3,12)7-11/h8-9,13H,4-6,12H2,1-3H3. The molecule has 0 radical (unpaired) electrons. The Hall–Kier alpha value is -0.240. The SMILES string of the molecule is CC(O)C(C)SCCCC(C)(N)C#N. The fraction of sp³-hybridized carbons (Fsp3) is 0.900. The third kappa shape index (κ3) is 6.25. The van der Waals surface area contributed by atoms with Crippen LogP contribution in [0.4, 0.5) is 0 Å². The second-order valence-electron chi connectivity index (χ2n) is 3.95. The first-order valence-corrected chi connectivity index (χ1v) is 5.94. The Morgan fingerprint density at radius 2 is 2.14 bits per heavy atom. The summed E-state index contributed by atoms with van der Waals surface area (Å²) in [6.45, 7) is 5.54. The number of aliphatic hydroxyl groups excluding tert-OH is 1. The topological polar surface area (TPSA) is 70.0 Å². The Bertz CT molecular complexity index is 199. The molecule has 0 aromatic heterocycles. The van der Waals surface area contributed by atoms with E-state index in [1.54, 1.807) is 25.6 Å². The van der Waals surface area contributed by atoms with Crippen molar-refractivity contribution >= 4 is 11.8 Å². The minimum Gasteiger partial charge on any atom is -0.392 e. The van der Waals surface area contributed by atoms with Crippen LogP contribution in [0.15, 0.2) is 0 Å². The van der Waals surface area contributed by atoms with Crippen molar-refractivity contribution in [3.8, 4) is 6.07 Å². The van der Waals surface area contributed by atoms with E-state index in [1.165, 1.54) is 0 Å². The lowest BCUT2D eigenvalue weighted by atomic mass is 10.0. The summed E-state index contributed by atoms with van der Waals surface area (Å²) >= 11 is 1.72. The summed E-state index contributed by atoms with van der Waals surface area (Å²) in [4.78, 5) is 0. The van der Waals surface area contributed by atoms with Gasteiger partial charge < -0.3 is 10.8 Å². The van der Waals surface area contributed by atoms with Gasteiger partial charge in [0.1, 0.15) is 5.54 Å². The molecule has 0 aromatic rings. The summed E-state index contributed by atoms with van der Waals surface area (Å²) in [6.07, 6.45) is 1.35. The first kappa shape index (κ1) is 13.8. The van der Waals surface area contributed by atoms with Gasteiger partial charge in [0.2, 0.25) is 0 Å². The molecule has 0 saturated heterocycles. The van der Waals surface area contributed by atoms with Gasteiger partial charge in [-0.1, -0.05) is 6.92 Å². The Balaban J connectivity index is 3.53. The van der Waals surface area contributed by atoms with E-state index in [-0.39, 0.29) is 11.4 Å². The number of nitriles is 1. The number of nitrogens with zero attached hydrogens (tertiary/aromatic N) is 1. The van der Waals surface area contributed by atoms with E-state index in [1.807, 2.05) is 6.92 Å². The van der Waals surface area contributed by atoms with Crippen LogP contribution in [0.2, 0.25) is 0 Å². The van der Waals surface area contributed by atoms with Gasteiger partial charge in [-0.05, 0) is 32.4 Å². The van der Waals surface area contributed by atoms with Gasteiger partial charge >= 0.3 is 0 Å². The summed E-state index contributed by atoms with van der Waals surface area (Å²) in [5, 5.41) is 18.1. The monoisotopic (exact) mass is 216 g/mol. The number of hydrogen-bond acceptors (Lipinski definition) is 4. The van der Waals surface area contributed by atoms with E-state index in [0.717, 1.165) is 12.2 Å². The Morgan fingerprint density at radius 3 is 2.57 bits per heavy atom. The van der Waals surface area contributed by atoms with E-state index in [4.69, 9.17) is 11.0 Å². The number of hydrogen-bond donors (Lipinski definition) is 2. The maximum atomic E-state index is 9.23. The average Bonchev–Trinajstić information content (AvgIpc) is 2.12. The first-order valence-electron chi connectivity index (χ1n) is 4.89. The number of nitrogens with two attached hydrogens (primary N) is 1. The van der Waals surface area contributed by atoms with Crippen molar-refractivity contribution in [2.75, 3.05) is 5.75 Å². The van der Waals surface area contributed by atoms with Crippen molar-refractivity contribution in [1.82, 2.24) is 0 Å². The lowest BCUT2D eigenvalue weighted by Gasteiger charge is -2.17. The van der Waals surface area contributed by atoms with Gasteiger partial charge in [-0.2, -0.15) is 17.0 Å². The van der Waals surface area contributed by atoms with Crippen LogP contribution in [-0.2, 0) is 0 Å². The van der Waals surface area contributed by atoms with Crippen LogP contribution in [-0.4, -0.2) is 27.8 Å². The summed E-state index contributed by atoms with van der Waals surface area (Å²) in [5.74, 6) is 0.945. The molecular weight excluding hydrogens is 196 g/mol. The smallest absolute Gasteiger partial charge is 0.101 e. The Kier molecular flexibility index (Phi) is 6.17. The summed E-state index contributed by atoms with van der Waals surface area (Å²) in [6, 6.07) is 2.07. The third-order valence-electron chi connectivity index (χ3n) is 2.16. The van der Waals surface area contributed by atoms with E-state index in [9.17, 15) is 5.11 Å². The maximum absolute atomic E-state index is 9.23. The van der Waals surface area contributed by atoms with E-state index in [2.05, 4.69) is 6.07 Å². The second-order valence-corrected chi connectivity index (χ2v) is 5.43. The van der Waals surface area contributed by atoms with Crippen molar-refractivity contribution < 1.29 is 5.11 Å². The van der Waals surface area contributed by atoms with Crippen LogP contribution < -0.4 is 5.73 Å². The number of thioether (sulfide) groups is 1. The van der Waals surface area contributed by atoms with Gasteiger partial charge in [0.05, 0.1) is 12.2 Å². The fourth-order valence-corrected chi connectivity index (χ4v) is 1.87. The molecule has 82 valence electrons. The molecular formula is C10H20N2OS. The van der Waals surface area contributed by atoms with Crippen molar-refractivity contribution in [2.45, 2.75) is 50.5 Å². The zero-order chi connectivity index (χ0) is 11.2. The molecule has 0 aliphatic heterocycles. The summed E-state index contributed by atoms with van der Waals surface area (Å²) in [5.41, 5.74) is 4.97. The molecule has 0 heterocycles. The number of aliphatic hydroxyl groups is 1. The van der Waals surface area contributed by atoms with Crippen LogP contribution in [0, 0.1) is 11.3 Å². The highest BCUT2D eigenvalue weighted by atomic mass is 32.2. The van der Waals surface area contributed by atoms with Crippen LogP contribution in [0.25, 0.3) is 0 Å². The molecule has 3 nitrogen and oxygen atoms in total. The average molecular weight is 216 g/mol. The van der Waals surface area contributed by atoms with Crippen molar-refractivity contribution in [2.24, 2.45) is 5.73 Å². The zero-order valence-corrected chi connectivity index (χ0v) is 9.97. The molecule has 0 bridgehead atoms. The van der Waals surface area contributed by atoms with Crippen LogP contribution in [0.5, 0.6) is 0 Å². The summed E-state index contributed by atoms with van der Waals surface area (Å²) in [7, 11) is 0. The molecule has 4 heteroatoms. The third-order valence-corrected chi connectivity index (χ3v) is 3.60. The van der Waals surface area contributed by atoms with Crippen molar-refractivity contribution in [1.29, 1.82) is 5.26 Å². The molecule has 3 N–H and O–H groups in total. The molecule has 3 atom stereocenters. The molecule has 0 amide bonds. The minimum absolute atomic E-state index is 0.251. The number of rotatable bonds is 6. The molecule has 0 spiro atoms. The van der Waals surface area contributed by atoms with E-state index in [0.29, 0.717) is 6.42 Å². The van der Waals surface area contributed by atoms with Crippen molar-refractivity contribution in [3.63, 3.8) is 0 Å². The van der Waals surface area contributed by atoms with Crippen molar-refractivity contribution in [3.05, 3.63) is 0 Å². The van der Waals surface area contributed by atoms with E-state index >= 15 is 0 Å². The lowest BCUT2D eigenvalue weighted by Crippen LogP contribution is -2.34. The Labute approximate surface area is 90.7 Å². The molecule has 0 aliphatic rings. The largest absolute Gasteiger partial charge is 0.392 e. The molecule has 0 aromatic carbocycles. The van der Waals surface area contributed by atoms with Gasteiger partial charge in [0.25, 0.3) is 0 Å². The van der Waals surface area contributed by atoms with Gasteiger partial charge in [-0.3, -0.25) is 0 Å². The summed E-state index contributed by atoms with van der Waals surface area (Å²) < 4.78 is 0. The first-order chi connectivity index (χ1) is 6.39. The normalized spacial score (nSPS) is 19.4. The molecule has 0 aliphatic carbocycles. The molecule has 0 saturated carbocycles. The highest BCUT2D eigenvalue weighted by Crippen LogP contribution is 2.17. The van der Waals surface area contributed by atoms with Gasteiger partial charge in [0, 0.05) is 5.25 Å². The van der Waals surface area contributed by atoms with Crippen LogP contribution >= 0.6 is 11.8 Å². The van der Waals surface area contributed by atoms with Crippen LogP contribution in [0.1, 0.15) is 33.6 Å². The fourth-order valence-electron chi connectivity index (χ4n) is 0.904. The quantitative estimate of drug-likeness (QED) is 0.660. The second kappa shape index (κ2) is 6.28. The molecule has 3 unspecified atom stereocenters. The Morgan fingerprint density at radius 1 is 1.57 bits per heavy atom. The van der Waals surface area contributed by atoms with Gasteiger partial charge in [-0.15, -0.1) is 0 Å². The van der Waals surface area contributed by atoms with Gasteiger partial charge in [-0.25, -0.2) is 0 Å². The highest BCUT2D eigenvalue weighted by Gasteiger charge is 2.16. The highest BCUT2D eigenvalue weighted by molar-refractivity contribution is 7.99. The predicted molar refractivity (Wildman–Crippen MR) is 61.0 cm³/mol. The van der Waals surface area contributed by atoms with Gasteiger partial charge in [0.15, 0.2) is 0 Å².